The van der Waals surface area contributed by atoms with E-state index in [2.05, 4.69) is 16.9 Å². The van der Waals surface area contributed by atoms with E-state index in [9.17, 15) is 4.79 Å². The predicted octanol–water partition coefficient (Wildman–Crippen LogP) is -0.110. The van der Waals surface area contributed by atoms with Crippen molar-refractivity contribution in [2.24, 2.45) is 0 Å². The summed E-state index contributed by atoms with van der Waals surface area (Å²) in [4.78, 5) is 11.0. The lowest BCUT2D eigenvalue weighted by atomic mass is 10.4. The average molecular weight is 211 g/mol. The van der Waals surface area contributed by atoms with Crippen molar-refractivity contribution in [3.63, 3.8) is 0 Å². The number of hydrogen-bond acceptors (Lipinski definition) is 5. The zero-order valence-corrected chi connectivity index (χ0v) is 8.51. The zero-order chi connectivity index (χ0) is 11.3. The van der Waals surface area contributed by atoms with Crippen LogP contribution in [0.4, 0.5) is 0 Å². The summed E-state index contributed by atoms with van der Waals surface area (Å²) in [7, 11) is 0. The standard InChI is InChI=1S/C9H13N3O3/c1-7(2)9(14)15-4-3-12-5-8(6-13)10-11-12/h5,13H,1,3-4,6H2,2H3. The minimum atomic E-state index is -0.419. The van der Waals surface area contributed by atoms with Crippen LogP contribution in [0.2, 0.25) is 0 Å². The van der Waals surface area contributed by atoms with E-state index in [0.717, 1.165) is 0 Å². The van der Waals surface area contributed by atoms with Crippen molar-refractivity contribution in [3.05, 3.63) is 24.0 Å². The molecule has 0 amide bonds. The molecule has 0 saturated heterocycles. The third-order valence-corrected chi connectivity index (χ3v) is 1.65. The molecule has 15 heavy (non-hydrogen) atoms. The lowest BCUT2D eigenvalue weighted by Gasteiger charge is -2.03. The lowest BCUT2D eigenvalue weighted by molar-refractivity contribution is -0.139. The number of aromatic nitrogens is 3. The van der Waals surface area contributed by atoms with Gasteiger partial charge < -0.3 is 9.84 Å². The van der Waals surface area contributed by atoms with Gasteiger partial charge in [0.1, 0.15) is 12.3 Å². The van der Waals surface area contributed by atoms with Crippen LogP contribution in [0.1, 0.15) is 12.6 Å². The molecule has 0 saturated carbocycles. The Balaban J connectivity index is 2.31. The summed E-state index contributed by atoms with van der Waals surface area (Å²) < 4.78 is 6.36. The summed E-state index contributed by atoms with van der Waals surface area (Å²) in [6.07, 6.45) is 1.59. The Morgan fingerprint density at radius 3 is 3.00 bits per heavy atom. The molecule has 0 aliphatic carbocycles. The fourth-order valence-electron chi connectivity index (χ4n) is 0.875. The number of aliphatic hydroxyl groups excluding tert-OH is 1. The van der Waals surface area contributed by atoms with Gasteiger partial charge in [-0.3, -0.25) is 0 Å². The molecule has 6 heteroatoms. The molecule has 1 rings (SSSR count). The topological polar surface area (TPSA) is 77.2 Å². The van der Waals surface area contributed by atoms with Gasteiger partial charge in [-0.1, -0.05) is 11.8 Å². The van der Waals surface area contributed by atoms with Gasteiger partial charge in [-0.05, 0) is 6.92 Å². The van der Waals surface area contributed by atoms with Crippen LogP contribution in [0.5, 0.6) is 0 Å². The van der Waals surface area contributed by atoms with E-state index in [4.69, 9.17) is 9.84 Å². The second kappa shape index (κ2) is 5.26. The maximum absolute atomic E-state index is 11.0. The first-order valence-corrected chi connectivity index (χ1v) is 4.46. The van der Waals surface area contributed by atoms with Crippen LogP contribution in [0.15, 0.2) is 18.3 Å². The van der Waals surface area contributed by atoms with Crippen LogP contribution in [0.3, 0.4) is 0 Å². The van der Waals surface area contributed by atoms with Gasteiger partial charge in [0.05, 0.1) is 19.3 Å². The zero-order valence-electron chi connectivity index (χ0n) is 8.51. The molecule has 0 radical (unpaired) electrons. The van der Waals surface area contributed by atoms with E-state index in [1.807, 2.05) is 0 Å². The predicted molar refractivity (Wildman–Crippen MR) is 51.7 cm³/mol. The lowest BCUT2D eigenvalue weighted by Crippen LogP contribution is -2.12. The Morgan fingerprint density at radius 2 is 2.47 bits per heavy atom. The molecule has 82 valence electrons. The summed E-state index contributed by atoms with van der Waals surface area (Å²) in [6, 6.07) is 0. The van der Waals surface area contributed by atoms with Crippen molar-refractivity contribution >= 4 is 5.97 Å². The molecule has 0 fully saturated rings. The van der Waals surface area contributed by atoms with Crippen molar-refractivity contribution < 1.29 is 14.6 Å². The Labute approximate surface area is 87.2 Å². The number of nitrogens with zero attached hydrogens (tertiary/aromatic N) is 3. The smallest absolute Gasteiger partial charge is 0.333 e. The molecule has 1 N–H and O–H groups in total. The first kappa shape index (κ1) is 11.4. The monoisotopic (exact) mass is 211 g/mol. The number of carbonyl (C=O) groups is 1. The van der Waals surface area contributed by atoms with Gasteiger partial charge in [0.2, 0.25) is 0 Å². The molecule has 1 aromatic heterocycles. The highest BCUT2D eigenvalue weighted by molar-refractivity contribution is 5.86. The van der Waals surface area contributed by atoms with Crippen LogP contribution < -0.4 is 0 Å². The fraction of sp³-hybridized carbons (Fsp3) is 0.444. The van der Waals surface area contributed by atoms with E-state index in [1.165, 1.54) is 4.68 Å². The molecule has 1 heterocycles. The molecule has 6 nitrogen and oxygen atoms in total. The second-order valence-electron chi connectivity index (χ2n) is 3.05. The highest BCUT2D eigenvalue weighted by Crippen LogP contribution is 1.95. The number of carbonyl (C=O) groups excluding carboxylic acids is 1. The molecule has 0 aliphatic rings. The van der Waals surface area contributed by atoms with Gasteiger partial charge in [-0.2, -0.15) is 0 Å². The summed E-state index contributed by atoms with van der Waals surface area (Å²) >= 11 is 0. The first-order chi connectivity index (χ1) is 7.13. The molecule has 0 unspecified atom stereocenters. The molecule has 0 bridgehead atoms. The molecule has 0 aromatic carbocycles. The summed E-state index contributed by atoms with van der Waals surface area (Å²) in [5.41, 5.74) is 0.853. The maximum Gasteiger partial charge on any atom is 0.333 e. The van der Waals surface area contributed by atoms with Crippen LogP contribution in [0.25, 0.3) is 0 Å². The largest absolute Gasteiger partial charge is 0.460 e. The fourth-order valence-corrected chi connectivity index (χ4v) is 0.875. The van der Waals surface area contributed by atoms with Gasteiger partial charge >= 0.3 is 5.97 Å². The van der Waals surface area contributed by atoms with Crippen molar-refractivity contribution in [3.8, 4) is 0 Å². The van der Waals surface area contributed by atoms with Gasteiger partial charge in [0, 0.05) is 5.57 Å². The van der Waals surface area contributed by atoms with Gasteiger partial charge in [-0.15, -0.1) is 5.10 Å². The Bertz CT molecular complexity index is 359. The van der Waals surface area contributed by atoms with Gasteiger partial charge in [0.25, 0.3) is 0 Å². The van der Waals surface area contributed by atoms with Crippen LogP contribution >= 0.6 is 0 Å². The quantitative estimate of drug-likeness (QED) is 0.543. The SMILES string of the molecule is C=C(C)C(=O)OCCn1cc(CO)nn1. The second-order valence-corrected chi connectivity index (χ2v) is 3.05. The average Bonchev–Trinajstić information content (AvgIpc) is 2.65. The van der Waals surface area contributed by atoms with Gasteiger partial charge in [0.15, 0.2) is 0 Å². The summed E-state index contributed by atoms with van der Waals surface area (Å²) in [5, 5.41) is 16.1. The molecule has 0 aliphatic heterocycles. The van der Waals surface area contributed by atoms with Crippen LogP contribution in [-0.4, -0.2) is 32.7 Å². The van der Waals surface area contributed by atoms with E-state index in [1.54, 1.807) is 13.1 Å². The Morgan fingerprint density at radius 1 is 1.73 bits per heavy atom. The van der Waals surface area contributed by atoms with E-state index in [0.29, 0.717) is 17.8 Å². The number of aliphatic hydroxyl groups is 1. The van der Waals surface area contributed by atoms with Crippen molar-refractivity contribution in [1.82, 2.24) is 15.0 Å². The normalized spacial score (nSPS) is 10.0. The third-order valence-electron chi connectivity index (χ3n) is 1.65. The number of ether oxygens (including phenoxy) is 1. The van der Waals surface area contributed by atoms with Crippen LogP contribution in [0, 0.1) is 0 Å². The molecule has 0 atom stereocenters. The highest BCUT2D eigenvalue weighted by atomic mass is 16.5. The maximum atomic E-state index is 11.0. The minimum Gasteiger partial charge on any atom is -0.460 e. The minimum absolute atomic E-state index is 0.147. The molecular formula is C9H13N3O3. The number of esters is 1. The Hall–Kier alpha value is -1.69. The Kier molecular flexibility index (Phi) is 3.99. The van der Waals surface area contributed by atoms with E-state index < -0.39 is 5.97 Å². The van der Waals surface area contributed by atoms with E-state index >= 15 is 0 Å². The summed E-state index contributed by atoms with van der Waals surface area (Å²) in [5.74, 6) is -0.419. The van der Waals surface area contributed by atoms with Crippen molar-refractivity contribution in [2.45, 2.75) is 20.1 Å². The molecular weight excluding hydrogens is 198 g/mol. The third kappa shape index (κ3) is 3.51. The van der Waals surface area contributed by atoms with Crippen LogP contribution in [-0.2, 0) is 22.7 Å². The molecule has 1 aromatic rings. The number of rotatable bonds is 5. The summed E-state index contributed by atoms with van der Waals surface area (Å²) in [6.45, 7) is 5.51. The molecule has 0 spiro atoms. The number of hydrogen-bond donors (Lipinski definition) is 1. The van der Waals surface area contributed by atoms with E-state index in [-0.39, 0.29) is 13.2 Å². The van der Waals surface area contributed by atoms with Crippen molar-refractivity contribution in [1.29, 1.82) is 0 Å². The first-order valence-electron chi connectivity index (χ1n) is 4.46. The highest BCUT2D eigenvalue weighted by Gasteiger charge is 2.03. The van der Waals surface area contributed by atoms with Crippen molar-refractivity contribution in [2.75, 3.05) is 6.61 Å². The van der Waals surface area contributed by atoms with Gasteiger partial charge in [-0.25, -0.2) is 9.48 Å².